The highest BCUT2D eigenvalue weighted by Gasteiger charge is 2.20. The van der Waals surface area contributed by atoms with Gasteiger partial charge < -0.3 is 5.73 Å². The zero-order chi connectivity index (χ0) is 13.1. The Kier molecular flexibility index (Phi) is 4.25. The molecule has 0 spiro atoms. The first kappa shape index (κ1) is 13.7. The largest absolute Gasteiger partial charge is 0.399 e. The van der Waals surface area contributed by atoms with Gasteiger partial charge in [0.15, 0.2) is 0 Å². The van der Waals surface area contributed by atoms with E-state index in [2.05, 4.69) is 11.3 Å². The van der Waals surface area contributed by atoms with Crippen LogP contribution in [0.4, 0.5) is 10.1 Å². The second-order valence-electron chi connectivity index (χ2n) is 3.63. The Balaban J connectivity index is 3.10. The highest BCUT2D eigenvalue weighted by atomic mass is 32.2. The minimum Gasteiger partial charge on any atom is -0.399 e. The normalized spacial score (nSPS) is 11.4. The van der Waals surface area contributed by atoms with Crippen LogP contribution in [-0.2, 0) is 10.0 Å². The molecular weight excluding hydrogens is 243 g/mol. The Hall–Kier alpha value is -1.40. The second kappa shape index (κ2) is 5.29. The van der Waals surface area contributed by atoms with Crippen LogP contribution in [0.1, 0.15) is 12.0 Å². The van der Waals surface area contributed by atoms with Crippen LogP contribution in [0.25, 0.3) is 0 Å². The summed E-state index contributed by atoms with van der Waals surface area (Å²) in [5.41, 5.74) is 5.92. The summed E-state index contributed by atoms with van der Waals surface area (Å²) in [6.45, 7) is 5.12. The topological polar surface area (TPSA) is 72.2 Å². The average Bonchev–Trinajstić information content (AvgIpc) is 2.23. The van der Waals surface area contributed by atoms with Crippen molar-refractivity contribution < 1.29 is 12.8 Å². The maximum atomic E-state index is 13.7. The smallest absolute Gasteiger partial charge is 0.243 e. The summed E-state index contributed by atoms with van der Waals surface area (Å²) >= 11 is 0. The van der Waals surface area contributed by atoms with Gasteiger partial charge in [-0.1, -0.05) is 6.08 Å². The number of anilines is 1. The number of hydrogen-bond donors (Lipinski definition) is 2. The third-order valence-corrected chi connectivity index (χ3v) is 3.63. The van der Waals surface area contributed by atoms with Crippen LogP contribution in [0, 0.1) is 12.7 Å². The lowest BCUT2D eigenvalue weighted by molar-refractivity contribution is 0.554. The lowest BCUT2D eigenvalue weighted by atomic mass is 10.2. The van der Waals surface area contributed by atoms with E-state index in [1.807, 2.05) is 0 Å². The highest BCUT2D eigenvalue weighted by Crippen LogP contribution is 2.21. The summed E-state index contributed by atoms with van der Waals surface area (Å²) in [6, 6.07) is 2.50. The second-order valence-corrected chi connectivity index (χ2v) is 5.36. The van der Waals surface area contributed by atoms with Gasteiger partial charge in [-0.2, -0.15) is 0 Å². The molecule has 0 amide bonds. The molecule has 3 N–H and O–H groups in total. The summed E-state index contributed by atoms with van der Waals surface area (Å²) in [5, 5.41) is 0. The Labute approximate surface area is 100 Å². The molecule has 0 bridgehead atoms. The molecule has 0 atom stereocenters. The van der Waals surface area contributed by atoms with Crippen molar-refractivity contribution in [3.63, 3.8) is 0 Å². The predicted octanol–water partition coefficient (Wildman–Crippen LogP) is 1.57. The van der Waals surface area contributed by atoms with Crippen molar-refractivity contribution in [2.45, 2.75) is 18.2 Å². The molecule has 0 aromatic heterocycles. The summed E-state index contributed by atoms with van der Waals surface area (Å²) < 4.78 is 39.6. The molecule has 0 aliphatic carbocycles. The molecular formula is C11H15FN2O2S. The minimum atomic E-state index is -3.86. The summed E-state index contributed by atoms with van der Waals surface area (Å²) in [6.07, 6.45) is 2.05. The van der Waals surface area contributed by atoms with Gasteiger partial charge in [0.25, 0.3) is 0 Å². The van der Waals surface area contributed by atoms with Crippen molar-refractivity contribution in [1.82, 2.24) is 4.72 Å². The molecule has 0 fully saturated rings. The van der Waals surface area contributed by atoms with E-state index in [-0.39, 0.29) is 17.8 Å². The van der Waals surface area contributed by atoms with Gasteiger partial charge in [-0.3, -0.25) is 0 Å². The van der Waals surface area contributed by atoms with Gasteiger partial charge in [0, 0.05) is 12.2 Å². The van der Waals surface area contributed by atoms with Gasteiger partial charge in [0.05, 0.1) is 0 Å². The molecule has 0 aliphatic rings. The first-order chi connectivity index (χ1) is 7.88. The number of benzene rings is 1. The van der Waals surface area contributed by atoms with E-state index in [0.717, 1.165) is 6.07 Å². The molecule has 94 valence electrons. The molecule has 1 aromatic carbocycles. The molecule has 6 heteroatoms. The van der Waals surface area contributed by atoms with E-state index in [0.29, 0.717) is 6.42 Å². The minimum absolute atomic E-state index is 0.180. The van der Waals surface area contributed by atoms with Crippen LogP contribution in [0.5, 0.6) is 0 Å². The summed E-state index contributed by atoms with van der Waals surface area (Å²) in [4.78, 5) is -0.418. The van der Waals surface area contributed by atoms with Crippen molar-refractivity contribution in [3.05, 3.63) is 36.2 Å². The van der Waals surface area contributed by atoms with Crippen molar-refractivity contribution in [2.75, 3.05) is 12.3 Å². The number of nitrogen functional groups attached to an aromatic ring is 1. The number of sulfonamides is 1. The zero-order valence-electron chi connectivity index (χ0n) is 9.53. The van der Waals surface area contributed by atoms with Crippen LogP contribution >= 0.6 is 0 Å². The number of nitrogens with two attached hydrogens (primary N) is 1. The molecule has 0 unspecified atom stereocenters. The van der Waals surface area contributed by atoms with E-state index in [4.69, 9.17) is 5.73 Å². The van der Waals surface area contributed by atoms with Gasteiger partial charge in [-0.15, -0.1) is 6.58 Å². The molecule has 0 heterocycles. The molecule has 4 nitrogen and oxygen atoms in total. The van der Waals surface area contributed by atoms with Crippen molar-refractivity contribution >= 4 is 15.7 Å². The van der Waals surface area contributed by atoms with Crippen molar-refractivity contribution in [2.24, 2.45) is 0 Å². The molecule has 0 saturated carbocycles. The van der Waals surface area contributed by atoms with Crippen LogP contribution in [0.15, 0.2) is 29.7 Å². The fourth-order valence-electron chi connectivity index (χ4n) is 1.33. The molecule has 1 rings (SSSR count). The number of hydrogen-bond acceptors (Lipinski definition) is 3. The zero-order valence-corrected chi connectivity index (χ0v) is 10.3. The highest BCUT2D eigenvalue weighted by molar-refractivity contribution is 7.89. The Morgan fingerprint density at radius 1 is 1.53 bits per heavy atom. The Bertz CT molecular complexity index is 527. The Morgan fingerprint density at radius 3 is 2.76 bits per heavy atom. The standard InChI is InChI=1S/C11H15FN2O2S/c1-3-4-5-14-17(15,16)10-7-9(13)6-8(2)11(10)12/h3,6-7,14H,1,4-5,13H2,2H3. The van der Waals surface area contributed by atoms with Gasteiger partial charge in [-0.05, 0) is 31.0 Å². The first-order valence-electron chi connectivity index (χ1n) is 5.04. The van der Waals surface area contributed by atoms with Crippen molar-refractivity contribution in [1.29, 1.82) is 0 Å². The summed E-state index contributed by atoms with van der Waals surface area (Å²) in [7, 11) is -3.86. The molecule has 0 aliphatic heterocycles. The quantitative estimate of drug-likeness (QED) is 0.478. The van der Waals surface area contributed by atoms with E-state index < -0.39 is 20.7 Å². The van der Waals surface area contributed by atoms with E-state index in [1.165, 1.54) is 13.0 Å². The number of nitrogens with one attached hydrogen (secondary N) is 1. The molecule has 1 aromatic rings. The third-order valence-electron chi connectivity index (χ3n) is 2.17. The predicted molar refractivity (Wildman–Crippen MR) is 65.6 cm³/mol. The van der Waals surface area contributed by atoms with Gasteiger partial charge in [-0.25, -0.2) is 17.5 Å². The number of rotatable bonds is 5. The van der Waals surface area contributed by atoms with Gasteiger partial charge in [0.2, 0.25) is 10.0 Å². The fourth-order valence-corrected chi connectivity index (χ4v) is 2.56. The molecule has 17 heavy (non-hydrogen) atoms. The first-order valence-corrected chi connectivity index (χ1v) is 6.53. The Morgan fingerprint density at radius 2 is 2.18 bits per heavy atom. The monoisotopic (exact) mass is 258 g/mol. The maximum Gasteiger partial charge on any atom is 0.243 e. The van der Waals surface area contributed by atoms with Gasteiger partial charge >= 0.3 is 0 Å². The lowest BCUT2D eigenvalue weighted by Gasteiger charge is -2.09. The number of halogens is 1. The van der Waals surface area contributed by atoms with E-state index in [9.17, 15) is 12.8 Å². The van der Waals surface area contributed by atoms with E-state index in [1.54, 1.807) is 6.08 Å². The molecule has 0 saturated heterocycles. The van der Waals surface area contributed by atoms with Crippen LogP contribution in [-0.4, -0.2) is 15.0 Å². The van der Waals surface area contributed by atoms with Crippen LogP contribution < -0.4 is 10.5 Å². The van der Waals surface area contributed by atoms with Crippen molar-refractivity contribution in [3.8, 4) is 0 Å². The SMILES string of the molecule is C=CCCNS(=O)(=O)c1cc(N)cc(C)c1F. The maximum absolute atomic E-state index is 13.7. The lowest BCUT2D eigenvalue weighted by Crippen LogP contribution is -2.25. The number of aryl methyl sites for hydroxylation is 1. The van der Waals surface area contributed by atoms with Crippen LogP contribution in [0.3, 0.4) is 0 Å². The van der Waals surface area contributed by atoms with E-state index >= 15 is 0 Å². The fraction of sp³-hybridized carbons (Fsp3) is 0.273. The molecule has 0 radical (unpaired) electrons. The summed E-state index contributed by atoms with van der Waals surface area (Å²) in [5.74, 6) is -0.773. The third kappa shape index (κ3) is 3.28. The van der Waals surface area contributed by atoms with Crippen LogP contribution in [0.2, 0.25) is 0 Å². The average molecular weight is 258 g/mol. The van der Waals surface area contributed by atoms with Gasteiger partial charge in [0.1, 0.15) is 10.7 Å².